The van der Waals surface area contributed by atoms with Crippen LogP contribution >= 0.6 is 11.5 Å². The van der Waals surface area contributed by atoms with Crippen LogP contribution in [0.3, 0.4) is 0 Å². The zero-order chi connectivity index (χ0) is 12.9. The number of esters is 1. The predicted molar refractivity (Wildman–Crippen MR) is 61.7 cm³/mol. The molecular weight excluding hydrogens is 268 g/mol. The van der Waals surface area contributed by atoms with Crippen LogP contribution in [0.1, 0.15) is 6.42 Å². The van der Waals surface area contributed by atoms with Gasteiger partial charge in [-0.2, -0.15) is 12.7 Å². The normalized spacial score (nSPS) is 11.5. The fourth-order valence-corrected chi connectivity index (χ4v) is 2.42. The van der Waals surface area contributed by atoms with Gasteiger partial charge in [0.1, 0.15) is 5.00 Å². The summed E-state index contributed by atoms with van der Waals surface area (Å²) in [6.45, 7) is 0.0360. The smallest absolute Gasteiger partial charge is 0.306 e. The molecule has 0 aliphatic heterocycles. The average Bonchev–Trinajstić information content (AvgIpc) is 2.77. The van der Waals surface area contributed by atoms with Crippen LogP contribution in [0.25, 0.3) is 0 Å². The van der Waals surface area contributed by atoms with Gasteiger partial charge in [0, 0.05) is 25.1 Å². The number of anilines is 1. The van der Waals surface area contributed by atoms with Crippen LogP contribution in [0.4, 0.5) is 5.00 Å². The number of rotatable bonds is 6. The number of aromatic nitrogens is 2. The van der Waals surface area contributed by atoms with E-state index in [1.54, 1.807) is 0 Å². The molecule has 96 valence electrons. The average molecular weight is 280 g/mol. The summed E-state index contributed by atoms with van der Waals surface area (Å²) in [6, 6.07) is 0. The third kappa shape index (κ3) is 4.24. The summed E-state index contributed by atoms with van der Waals surface area (Å²) in [6.07, 6.45) is 1.30. The van der Waals surface area contributed by atoms with E-state index in [-0.39, 0.29) is 13.0 Å². The highest BCUT2D eigenvalue weighted by Gasteiger charge is 2.19. The Morgan fingerprint density at radius 3 is 2.88 bits per heavy atom. The van der Waals surface area contributed by atoms with E-state index in [2.05, 4.69) is 19.0 Å². The lowest BCUT2D eigenvalue weighted by Gasteiger charge is -2.16. The molecule has 0 aliphatic rings. The Hall–Kier alpha value is -1.26. The summed E-state index contributed by atoms with van der Waals surface area (Å²) >= 11 is 0.926. The molecule has 1 N–H and O–H groups in total. The second-order valence-corrected chi connectivity index (χ2v) is 5.60. The maximum atomic E-state index is 11.7. The van der Waals surface area contributed by atoms with Gasteiger partial charge in [0.2, 0.25) is 0 Å². The van der Waals surface area contributed by atoms with Crippen LogP contribution in [0, 0.1) is 0 Å². The van der Waals surface area contributed by atoms with E-state index in [1.165, 1.54) is 20.4 Å². The maximum absolute atomic E-state index is 11.7. The van der Waals surface area contributed by atoms with Crippen molar-refractivity contribution in [3.05, 3.63) is 6.20 Å². The standard InChI is InChI=1S/C7H12N4O4S2/c1-11(4-3-7(12)15-2)17(13,14)9-6-5-8-10-16-6/h5,9H,3-4H2,1-2H3. The lowest BCUT2D eigenvalue weighted by molar-refractivity contribution is -0.140. The Bertz CT molecular complexity index is 458. The lowest BCUT2D eigenvalue weighted by Crippen LogP contribution is -2.34. The van der Waals surface area contributed by atoms with Crippen LogP contribution in [-0.4, -0.2) is 49.0 Å². The van der Waals surface area contributed by atoms with Crippen molar-refractivity contribution >= 4 is 32.7 Å². The molecule has 0 amide bonds. The van der Waals surface area contributed by atoms with Crippen molar-refractivity contribution in [1.82, 2.24) is 13.9 Å². The second-order valence-electron chi connectivity index (χ2n) is 3.04. The fourth-order valence-electron chi connectivity index (χ4n) is 0.888. The summed E-state index contributed by atoms with van der Waals surface area (Å²) < 4.78 is 34.7. The Morgan fingerprint density at radius 1 is 1.65 bits per heavy atom. The van der Waals surface area contributed by atoms with Gasteiger partial charge in [0.25, 0.3) is 0 Å². The van der Waals surface area contributed by atoms with Gasteiger partial charge < -0.3 is 4.74 Å². The van der Waals surface area contributed by atoms with Gasteiger partial charge in [-0.1, -0.05) is 4.49 Å². The van der Waals surface area contributed by atoms with Crippen LogP contribution in [0.5, 0.6) is 0 Å². The number of nitrogens with one attached hydrogen (secondary N) is 1. The Labute approximate surface area is 103 Å². The minimum absolute atomic E-state index is 0.00511. The molecule has 17 heavy (non-hydrogen) atoms. The van der Waals surface area contributed by atoms with E-state index in [0.29, 0.717) is 5.00 Å². The second kappa shape index (κ2) is 5.89. The molecule has 0 atom stereocenters. The molecule has 0 aromatic carbocycles. The molecule has 10 heteroatoms. The first kappa shape index (κ1) is 13.8. The number of carbonyl (C=O) groups excluding carboxylic acids is 1. The number of methoxy groups -OCH3 is 1. The summed E-state index contributed by atoms with van der Waals surface area (Å²) in [5.41, 5.74) is 0. The fraction of sp³-hybridized carbons (Fsp3) is 0.571. The quantitative estimate of drug-likeness (QED) is 0.717. The van der Waals surface area contributed by atoms with Crippen molar-refractivity contribution in [3.8, 4) is 0 Å². The molecule has 0 saturated heterocycles. The van der Waals surface area contributed by atoms with Crippen LogP contribution in [-0.2, 0) is 19.7 Å². The molecule has 0 radical (unpaired) electrons. The number of ether oxygens (including phenoxy) is 1. The monoisotopic (exact) mass is 280 g/mol. The number of nitrogens with zero attached hydrogens (tertiary/aromatic N) is 3. The van der Waals surface area contributed by atoms with Crippen LogP contribution in [0.2, 0.25) is 0 Å². The number of carbonyl (C=O) groups is 1. The summed E-state index contributed by atoms with van der Waals surface area (Å²) in [5.74, 6) is -0.466. The third-order valence-electron chi connectivity index (χ3n) is 1.86. The molecule has 0 unspecified atom stereocenters. The van der Waals surface area contributed by atoms with Gasteiger partial charge >= 0.3 is 16.2 Å². The molecule has 8 nitrogen and oxygen atoms in total. The van der Waals surface area contributed by atoms with E-state index < -0.39 is 16.2 Å². The van der Waals surface area contributed by atoms with Crippen molar-refractivity contribution in [2.24, 2.45) is 0 Å². The van der Waals surface area contributed by atoms with E-state index in [9.17, 15) is 13.2 Å². The zero-order valence-corrected chi connectivity index (χ0v) is 10.9. The summed E-state index contributed by atoms with van der Waals surface area (Å²) in [7, 11) is -1.07. The Morgan fingerprint density at radius 2 is 2.35 bits per heavy atom. The summed E-state index contributed by atoms with van der Waals surface area (Å²) in [4.78, 5) is 10.9. The Balaban J connectivity index is 2.55. The molecule has 0 aliphatic carbocycles. The first-order valence-electron chi connectivity index (χ1n) is 4.54. The van der Waals surface area contributed by atoms with E-state index in [4.69, 9.17) is 0 Å². The molecule has 0 saturated carbocycles. The van der Waals surface area contributed by atoms with E-state index in [1.807, 2.05) is 0 Å². The molecule has 1 aromatic rings. The molecule has 0 spiro atoms. The first-order chi connectivity index (χ1) is 7.95. The van der Waals surface area contributed by atoms with Crippen molar-refractivity contribution in [2.75, 3.05) is 25.4 Å². The van der Waals surface area contributed by atoms with Crippen molar-refractivity contribution < 1.29 is 17.9 Å². The largest absolute Gasteiger partial charge is 0.469 e. The van der Waals surface area contributed by atoms with Crippen molar-refractivity contribution in [2.45, 2.75) is 6.42 Å². The zero-order valence-electron chi connectivity index (χ0n) is 9.28. The lowest BCUT2D eigenvalue weighted by atomic mass is 10.4. The number of hydrogen-bond donors (Lipinski definition) is 1. The van der Waals surface area contributed by atoms with E-state index >= 15 is 0 Å². The van der Waals surface area contributed by atoms with Crippen LogP contribution < -0.4 is 4.72 Å². The minimum atomic E-state index is -3.68. The molecule has 1 rings (SSSR count). The number of hydrogen-bond acceptors (Lipinski definition) is 7. The Kier molecular flexibility index (Phi) is 4.78. The molecule has 1 aromatic heterocycles. The highest BCUT2D eigenvalue weighted by Crippen LogP contribution is 2.13. The third-order valence-corrected chi connectivity index (χ3v) is 4.05. The topological polar surface area (TPSA) is 101 Å². The SMILES string of the molecule is COC(=O)CCN(C)S(=O)(=O)Nc1cnns1. The van der Waals surface area contributed by atoms with Crippen molar-refractivity contribution in [3.63, 3.8) is 0 Å². The van der Waals surface area contributed by atoms with Crippen molar-refractivity contribution in [1.29, 1.82) is 0 Å². The molecule has 0 fully saturated rings. The molecule has 1 heterocycles. The molecule has 0 bridgehead atoms. The summed E-state index contributed by atoms with van der Waals surface area (Å²) in [5, 5.41) is 3.82. The van der Waals surface area contributed by atoms with Gasteiger partial charge in [0.15, 0.2) is 0 Å². The maximum Gasteiger partial charge on any atom is 0.306 e. The van der Waals surface area contributed by atoms with Gasteiger partial charge in [-0.25, -0.2) is 0 Å². The highest BCUT2D eigenvalue weighted by atomic mass is 32.2. The highest BCUT2D eigenvalue weighted by molar-refractivity contribution is 7.90. The van der Waals surface area contributed by atoms with Gasteiger partial charge in [0.05, 0.1) is 19.7 Å². The predicted octanol–water partition coefficient (Wildman–Crippen LogP) is -0.310. The van der Waals surface area contributed by atoms with E-state index in [0.717, 1.165) is 15.8 Å². The van der Waals surface area contributed by atoms with Gasteiger partial charge in [-0.3, -0.25) is 9.52 Å². The van der Waals surface area contributed by atoms with Gasteiger partial charge in [-0.15, -0.1) is 5.10 Å². The van der Waals surface area contributed by atoms with Crippen LogP contribution in [0.15, 0.2) is 6.20 Å². The molecular formula is C7H12N4O4S2. The first-order valence-corrected chi connectivity index (χ1v) is 6.75. The minimum Gasteiger partial charge on any atom is -0.469 e. The van der Waals surface area contributed by atoms with Gasteiger partial charge in [-0.05, 0) is 0 Å².